The van der Waals surface area contributed by atoms with Gasteiger partial charge in [0.05, 0.1) is 11.9 Å². The van der Waals surface area contributed by atoms with Crippen LogP contribution < -0.4 is 9.62 Å². The van der Waals surface area contributed by atoms with Gasteiger partial charge in [0.15, 0.2) is 0 Å². The zero-order chi connectivity index (χ0) is 31.1. The molecule has 0 unspecified atom stereocenters. The first-order valence-electron chi connectivity index (χ1n) is 13.8. The number of carbonyl (C=O) groups excluding carboxylic acids is 2. The maximum absolute atomic E-state index is 14.8. The summed E-state index contributed by atoms with van der Waals surface area (Å²) in [5, 5.41) is 3.37. The summed E-state index contributed by atoms with van der Waals surface area (Å²) >= 11 is 6.15. The van der Waals surface area contributed by atoms with Crippen molar-refractivity contribution >= 4 is 39.1 Å². The highest BCUT2D eigenvalue weighted by Gasteiger charge is 2.32. The molecule has 0 spiro atoms. The minimum atomic E-state index is -3.68. The third kappa shape index (κ3) is 9.56. The summed E-state index contributed by atoms with van der Waals surface area (Å²) < 4.78 is 41.5. The molecule has 226 valence electrons. The van der Waals surface area contributed by atoms with Gasteiger partial charge in [0.25, 0.3) is 0 Å². The van der Waals surface area contributed by atoms with Crippen LogP contribution in [0.4, 0.5) is 10.1 Å². The minimum absolute atomic E-state index is 0.0246. The maximum atomic E-state index is 14.8. The van der Waals surface area contributed by atoms with Gasteiger partial charge in [0, 0.05) is 42.1 Å². The Bertz CT molecular complexity index is 1490. The molecule has 10 heteroatoms. The van der Waals surface area contributed by atoms with Gasteiger partial charge >= 0.3 is 0 Å². The van der Waals surface area contributed by atoms with Gasteiger partial charge < -0.3 is 10.2 Å². The largest absolute Gasteiger partial charge is 0.350 e. The van der Waals surface area contributed by atoms with Gasteiger partial charge in [-0.3, -0.25) is 13.9 Å². The van der Waals surface area contributed by atoms with Crippen LogP contribution in [0.25, 0.3) is 0 Å². The Morgan fingerprint density at radius 2 is 1.64 bits per heavy atom. The first-order chi connectivity index (χ1) is 19.7. The van der Waals surface area contributed by atoms with E-state index in [2.05, 4.69) is 5.32 Å². The van der Waals surface area contributed by atoms with Gasteiger partial charge in [-0.15, -0.1) is 0 Å². The molecular weight excluding hydrogens is 577 g/mol. The van der Waals surface area contributed by atoms with E-state index in [1.165, 1.54) is 15.3 Å². The number of anilines is 1. The molecule has 2 amide bonds. The standard InChI is InChI=1S/C32H39ClFN3O4S/c1-23-17-18-26(33)21-28(23)37(42(5,40)41)19-11-16-30(38)36(22-25-14-9-10-15-27(25)34)29(31(39)35-32(2,3)4)20-24-12-7-6-8-13-24/h6-10,12-15,17-18,21,29H,11,16,19-20,22H2,1-5H3,(H,35,39)/t29-/m0/s1. The first-order valence-corrected chi connectivity index (χ1v) is 16.0. The van der Waals surface area contributed by atoms with Crippen LogP contribution in [0.15, 0.2) is 72.8 Å². The molecular formula is C32H39ClFN3O4S. The fourth-order valence-electron chi connectivity index (χ4n) is 4.65. The van der Waals surface area contributed by atoms with Gasteiger partial charge in [0.1, 0.15) is 11.9 Å². The molecule has 3 aromatic carbocycles. The molecule has 3 aromatic rings. The molecule has 3 rings (SSSR count). The summed E-state index contributed by atoms with van der Waals surface area (Å²) in [5.74, 6) is -1.23. The van der Waals surface area contributed by atoms with Crippen LogP contribution in [-0.2, 0) is 32.6 Å². The lowest BCUT2D eigenvalue weighted by Crippen LogP contribution is -2.54. The normalized spacial score (nSPS) is 12.5. The first kappa shape index (κ1) is 33.1. The van der Waals surface area contributed by atoms with Crippen molar-refractivity contribution in [3.63, 3.8) is 0 Å². The number of amides is 2. The maximum Gasteiger partial charge on any atom is 0.243 e. The van der Waals surface area contributed by atoms with E-state index >= 15 is 0 Å². The molecule has 1 atom stereocenters. The average Bonchev–Trinajstić information content (AvgIpc) is 2.90. The molecule has 42 heavy (non-hydrogen) atoms. The van der Waals surface area contributed by atoms with Crippen LogP contribution in [-0.4, -0.2) is 49.5 Å². The summed E-state index contributed by atoms with van der Waals surface area (Å²) in [7, 11) is -3.68. The van der Waals surface area contributed by atoms with E-state index in [4.69, 9.17) is 11.6 Å². The summed E-state index contributed by atoms with van der Waals surface area (Å²) in [5.41, 5.74) is 1.72. The van der Waals surface area contributed by atoms with Crippen LogP contribution in [0.2, 0.25) is 5.02 Å². The van der Waals surface area contributed by atoms with Crippen molar-refractivity contribution in [2.75, 3.05) is 17.1 Å². The van der Waals surface area contributed by atoms with Crippen molar-refractivity contribution < 1.29 is 22.4 Å². The van der Waals surface area contributed by atoms with E-state index in [0.717, 1.165) is 17.4 Å². The molecule has 0 bridgehead atoms. The lowest BCUT2D eigenvalue weighted by atomic mass is 10.00. The highest BCUT2D eigenvalue weighted by Crippen LogP contribution is 2.27. The molecule has 0 fully saturated rings. The van der Waals surface area contributed by atoms with Crippen molar-refractivity contribution in [1.29, 1.82) is 0 Å². The number of aryl methyl sites for hydroxylation is 1. The molecule has 7 nitrogen and oxygen atoms in total. The van der Waals surface area contributed by atoms with Crippen molar-refractivity contribution in [2.24, 2.45) is 0 Å². The second kappa shape index (κ2) is 14.2. The molecule has 0 aromatic heterocycles. The number of carbonyl (C=O) groups is 2. The van der Waals surface area contributed by atoms with E-state index in [0.29, 0.717) is 10.7 Å². The van der Waals surface area contributed by atoms with Gasteiger partial charge in [0.2, 0.25) is 21.8 Å². The zero-order valence-electron chi connectivity index (χ0n) is 24.7. The van der Waals surface area contributed by atoms with E-state index in [-0.39, 0.29) is 49.7 Å². The molecule has 0 heterocycles. The SMILES string of the molecule is Cc1ccc(Cl)cc1N(CCCC(=O)N(Cc1ccccc1F)[C@@H](Cc1ccccc1)C(=O)NC(C)(C)C)S(C)(=O)=O. The zero-order valence-corrected chi connectivity index (χ0v) is 26.3. The Hall–Kier alpha value is -3.43. The number of nitrogens with zero attached hydrogens (tertiary/aromatic N) is 2. The predicted molar refractivity (Wildman–Crippen MR) is 166 cm³/mol. The molecule has 0 saturated heterocycles. The molecule has 1 N–H and O–H groups in total. The second-order valence-corrected chi connectivity index (χ2v) is 13.8. The Balaban J connectivity index is 1.93. The molecule has 0 radical (unpaired) electrons. The smallest absolute Gasteiger partial charge is 0.243 e. The van der Waals surface area contributed by atoms with Crippen LogP contribution in [0.1, 0.15) is 50.3 Å². The third-order valence-corrected chi connectivity index (χ3v) is 8.07. The highest BCUT2D eigenvalue weighted by molar-refractivity contribution is 7.92. The summed E-state index contributed by atoms with van der Waals surface area (Å²) in [4.78, 5) is 28.9. The van der Waals surface area contributed by atoms with E-state index in [9.17, 15) is 22.4 Å². The second-order valence-electron chi connectivity index (χ2n) is 11.4. The molecule has 0 aliphatic carbocycles. The van der Waals surface area contributed by atoms with Gasteiger partial charge in [-0.2, -0.15) is 0 Å². The number of benzene rings is 3. The minimum Gasteiger partial charge on any atom is -0.350 e. The number of rotatable bonds is 12. The number of hydrogen-bond donors (Lipinski definition) is 1. The number of nitrogens with one attached hydrogen (secondary N) is 1. The number of sulfonamides is 1. The van der Waals surface area contributed by atoms with Gasteiger partial charge in [-0.1, -0.05) is 66.2 Å². The van der Waals surface area contributed by atoms with E-state index in [1.54, 1.807) is 43.3 Å². The van der Waals surface area contributed by atoms with Crippen molar-refractivity contribution in [3.05, 3.63) is 100 Å². The van der Waals surface area contributed by atoms with Gasteiger partial charge in [-0.25, -0.2) is 12.8 Å². The summed E-state index contributed by atoms with van der Waals surface area (Å²) in [6, 6.07) is 19.5. The van der Waals surface area contributed by atoms with Crippen LogP contribution in [0.3, 0.4) is 0 Å². The predicted octanol–water partition coefficient (Wildman–Crippen LogP) is 5.89. The van der Waals surface area contributed by atoms with E-state index < -0.39 is 27.4 Å². The van der Waals surface area contributed by atoms with Crippen LogP contribution in [0.5, 0.6) is 0 Å². The monoisotopic (exact) mass is 615 g/mol. The Morgan fingerprint density at radius 1 is 1.00 bits per heavy atom. The fourth-order valence-corrected chi connectivity index (χ4v) is 5.83. The van der Waals surface area contributed by atoms with Crippen molar-refractivity contribution in [2.45, 2.75) is 65.1 Å². The van der Waals surface area contributed by atoms with E-state index in [1.807, 2.05) is 51.1 Å². The lowest BCUT2D eigenvalue weighted by molar-refractivity contribution is -0.142. The Labute approximate surface area is 253 Å². The molecule has 0 aliphatic rings. The molecule has 0 saturated carbocycles. The van der Waals surface area contributed by atoms with Crippen molar-refractivity contribution in [3.8, 4) is 0 Å². The number of halogens is 2. The summed E-state index contributed by atoms with van der Waals surface area (Å²) in [6.07, 6.45) is 1.44. The highest BCUT2D eigenvalue weighted by atomic mass is 35.5. The quantitative estimate of drug-likeness (QED) is 0.275. The Morgan fingerprint density at radius 3 is 2.26 bits per heavy atom. The van der Waals surface area contributed by atoms with Crippen LogP contribution >= 0.6 is 11.6 Å². The van der Waals surface area contributed by atoms with Crippen LogP contribution in [0, 0.1) is 12.7 Å². The Kier molecular flexibility index (Phi) is 11.2. The molecule has 0 aliphatic heterocycles. The third-order valence-electron chi connectivity index (χ3n) is 6.66. The van der Waals surface area contributed by atoms with Crippen molar-refractivity contribution in [1.82, 2.24) is 10.2 Å². The fraction of sp³-hybridized carbons (Fsp3) is 0.375. The van der Waals surface area contributed by atoms with Gasteiger partial charge in [-0.05, 0) is 63.4 Å². The topological polar surface area (TPSA) is 86.8 Å². The lowest BCUT2D eigenvalue weighted by Gasteiger charge is -2.34. The summed E-state index contributed by atoms with van der Waals surface area (Å²) in [6.45, 7) is 7.25. The average molecular weight is 616 g/mol. The number of hydrogen-bond acceptors (Lipinski definition) is 4.